The van der Waals surface area contributed by atoms with Crippen molar-refractivity contribution in [2.24, 2.45) is 5.92 Å². The highest BCUT2D eigenvalue weighted by atomic mass is 35.5. The van der Waals surface area contributed by atoms with E-state index in [0.29, 0.717) is 29.0 Å². The van der Waals surface area contributed by atoms with Crippen LogP contribution in [0.4, 0.5) is 9.52 Å². The molecule has 4 rings (SSSR count). The molecule has 0 aliphatic heterocycles. The van der Waals surface area contributed by atoms with Crippen LogP contribution in [0.1, 0.15) is 73.4 Å². The fraction of sp³-hybridized carbons (Fsp3) is 0.367. The van der Waals surface area contributed by atoms with Crippen LogP contribution >= 0.6 is 34.5 Å². The Kier molecular flexibility index (Phi) is 10.7. The second kappa shape index (κ2) is 14.2. The quantitative estimate of drug-likeness (QED) is 0.168. The third-order valence-corrected chi connectivity index (χ3v) is 8.39. The van der Waals surface area contributed by atoms with Crippen molar-refractivity contribution in [2.45, 2.75) is 58.5 Å². The van der Waals surface area contributed by atoms with Gasteiger partial charge in [0.25, 0.3) is 5.91 Å². The minimum atomic E-state index is -1.10. The van der Waals surface area contributed by atoms with Gasteiger partial charge in [-0.25, -0.2) is 14.2 Å². The number of nitrogens with zero attached hydrogens (tertiary/aromatic N) is 1. The molecule has 6 nitrogen and oxygen atoms in total. The van der Waals surface area contributed by atoms with Crippen molar-refractivity contribution in [3.63, 3.8) is 0 Å². The highest BCUT2D eigenvalue weighted by Crippen LogP contribution is 2.32. The zero-order valence-corrected chi connectivity index (χ0v) is 24.5. The predicted octanol–water partition coefficient (Wildman–Crippen LogP) is 8.87. The monoisotopic (exact) mass is 604 g/mol. The molecule has 0 atom stereocenters. The number of nitrogens with one attached hydrogen (secondary N) is 1. The zero-order chi connectivity index (χ0) is 28.6. The largest absolute Gasteiger partial charge is 0.478 e. The van der Waals surface area contributed by atoms with Gasteiger partial charge in [-0.2, -0.15) is 0 Å². The van der Waals surface area contributed by atoms with Crippen LogP contribution in [-0.2, 0) is 16.1 Å². The number of carbonyl (C=O) groups excluding carboxylic acids is 1. The van der Waals surface area contributed by atoms with Gasteiger partial charge in [0.1, 0.15) is 5.82 Å². The van der Waals surface area contributed by atoms with Gasteiger partial charge >= 0.3 is 5.97 Å². The van der Waals surface area contributed by atoms with Crippen LogP contribution in [-0.4, -0.2) is 28.6 Å². The standard InChI is InChI=1S/C30H31Cl2FN2O4S/c1-18(29(37)38)13-23-24(31)14-21(15-25(23)32)28(36)35-30-34-26(17-40-30)22-11-5-10-20(27(22)33)16-39-12-6-9-19-7-3-2-4-8-19/h5,10-11,13-15,17,19H,2-4,6-9,12,16H2,1H3,(H,37,38)(H,34,35,36)/b18-13+. The minimum absolute atomic E-state index is 0.0499. The van der Waals surface area contributed by atoms with E-state index in [1.165, 1.54) is 63.7 Å². The third-order valence-electron chi connectivity index (χ3n) is 7.00. The van der Waals surface area contributed by atoms with Gasteiger partial charge in [-0.15, -0.1) is 11.3 Å². The van der Waals surface area contributed by atoms with Crippen molar-refractivity contribution < 1.29 is 23.8 Å². The number of aromatic nitrogens is 1. The van der Waals surface area contributed by atoms with Gasteiger partial charge in [-0.05, 0) is 50.0 Å². The molecule has 0 saturated heterocycles. The predicted molar refractivity (Wildman–Crippen MR) is 159 cm³/mol. The summed E-state index contributed by atoms with van der Waals surface area (Å²) in [7, 11) is 0. The molecule has 1 amide bonds. The molecule has 40 heavy (non-hydrogen) atoms. The number of aliphatic carboxylic acids is 1. The first kappa shape index (κ1) is 30.2. The lowest BCUT2D eigenvalue weighted by molar-refractivity contribution is -0.132. The highest BCUT2D eigenvalue weighted by Gasteiger charge is 2.17. The highest BCUT2D eigenvalue weighted by molar-refractivity contribution is 7.14. The summed E-state index contributed by atoms with van der Waals surface area (Å²) in [6.45, 7) is 2.22. The molecule has 0 bridgehead atoms. The molecule has 1 heterocycles. The van der Waals surface area contributed by atoms with Crippen molar-refractivity contribution in [1.82, 2.24) is 4.98 Å². The zero-order valence-electron chi connectivity index (χ0n) is 22.1. The summed E-state index contributed by atoms with van der Waals surface area (Å²) in [6.07, 6.45) is 10.1. The number of carboxylic acid groups (broad SMARTS) is 1. The van der Waals surface area contributed by atoms with E-state index in [0.717, 1.165) is 23.7 Å². The Hall–Kier alpha value is -2.78. The molecular formula is C30H31Cl2FN2O4S. The average Bonchev–Trinajstić information content (AvgIpc) is 3.39. The lowest BCUT2D eigenvalue weighted by atomic mass is 9.86. The van der Waals surface area contributed by atoms with Gasteiger partial charge in [0, 0.05) is 39.8 Å². The number of amides is 1. The van der Waals surface area contributed by atoms with Gasteiger partial charge in [-0.3, -0.25) is 10.1 Å². The number of carbonyl (C=O) groups is 2. The van der Waals surface area contributed by atoms with E-state index in [1.807, 2.05) is 0 Å². The molecule has 1 aliphatic carbocycles. The van der Waals surface area contributed by atoms with Crippen LogP contribution in [0.25, 0.3) is 17.3 Å². The maximum atomic E-state index is 15.3. The lowest BCUT2D eigenvalue weighted by Crippen LogP contribution is -2.12. The molecule has 212 valence electrons. The van der Waals surface area contributed by atoms with E-state index in [2.05, 4.69) is 10.3 Å². The smallest absolute Gasteiger partial charge is 0.331 e. The number of carboxylic acids is 1. The van der Waals surface area contributed by atoms with Crippen LogP contribution in [0.15, 0.2) is 41.3 Å². The van der Waals surface area contributed by atoms with Gasteiger partial charge in [-0.1, -0.05) is 67.4 Å². The molecule has 1 saturated carbocycles. The van der Waals surface area contributed by atoms with E-state index < -0.39 is 17.7 Å². The van der Waals surface area contributed by atoms with Crippen molar-refractivity contribution in [3.05, 3.63) is 73.8 Å². The van der Waals surface area contributed by atoms with Crippen LogP contribution in [0.5, 0.6) is 0 Å². The Morgan fingerprint density at radius 2 is 1.93 bits per heavy atom. The van der Waals surface area contributed by atoms with Gasteiger partial charge in [0.2, 0.25) is 0 Å². The van der Waals surface area contributed by atoms with Crippen molar-refractivity contribution in [3.8, 4) is 11.3 Å². The number of hydrogen-bond donors (Lipinski definition) is 2. The Bertz CT molecular complexity index is 1380. The van der Waals surface area contributed by atoms with E-state index in [9.17, 15) is 9.59 Å². The Labute approximate surface area is 247 Å². The normalized spacial score (nSPS) is 14.3. The van der Waals surface area contributed by atoms with Crippen molar-refractivity contribution >= 4 is 57.6 Å². The van der Waals surface area contributed by atoms with Gasteiger partial charge < -0.3 is 9.84 Å². The third kappa shape index (κ3) is 7.91. The molecule has 0 spiro atoms. The summed E-state index contributed by atoms with van der Waals surface area (Å²) < 4.78 is 21.1. The maximum Gasteiger partial charge on any atom is 0.331 e. The first-order valence-electron chi connectivity index (χ1n) is 13.3. The van der Waals surface area contributed by atoms with Gasteiger partial charge in [0.05, 0.1) is 22.3 Å². The summed E-state index contributed by atoms with van der Waals surface area (Å²) in [4.78, 5) is 28.3. The maximum absolute atomic E-state index is 15.3. The Morgan fingerprint density at radius 1 is 1.20 bits per heavy atom. The molecule has 1 fully saturated rings. The number of hydrogen-bond acceptors (Lipinski definition) is 5. The molecule has 1 aliphatic rings. The molecule has 3 aromatic rings. The topological polar surface area (TPSA) is 88.5 Å². The number of anilines is 1. The summed E-state index contributed by atoms with van der Waals surface area (Å²) in [5.74, 6) is -1.20. The van der Waals surface area contributed by atoms with Crippen molar-refractivity contribution in [2.75, 3.05) is 11.9 Å². The summed E-state index contributed by atoms with van der Waals surface area (Å²) in [5, 5.41) is 14.0. The minimum Gasteiger partial charge on any atom is -0.478 e. The lowest BCUT2D eigenvalue weighted by Gasteiger charge is -2.21. The average molecular weight is 606 g/mol. The molecule has 1 aromatic heterocycles. The number of rotatable bonds is 11. The number of thiazole rings is 1. The first-order chi connectivity index (χ1) is 19.2. The fourth-order valence-electron chi connectivity index (χ4n) is 4.78. The van der Waals surface area contributed by atoms with Crippen LogP contribution in [0, 0.1) is 11.7 Å². The Balaban J connectivity index is 1.37. The molecule has 2 aromatic carbocycles. The van der Waals surface area contributed by atoms with E-state index in [1.54, 1.807) is 23.6 Å². The second-order valence-electron chi connectivity index (χ2n) is 9.96. The molecule has 0 unspecified atom stereocenters. The van der Waals surface area contributed by atoms with Crippen LogP contribution in [0.2, 0.25) is 10.0 Å². The number of ether oxygens (including phenoxy) is 1. The van der Waals surface area contributed by atoms with E-state index >= 15 is 4.39 Å². The van der Waals surface area contributed by atoms with Crippen LogP contribution in [0.3, 0.4) is 0 Å². The molecule has 10 heteroatoms. The Morgan fingerprint density at radius 3 is 2.62 bits per heavy atom. The molecular weight excluding hydrogens is 574 g/mol. The molecule has 0 radical (unpaired) electrons. The first-order valence-corrected chi connectivity index (χ1v) is 14.9. The summed E-state index contributed by atoms with van der Waals surface area (Å²) in [5.41, 5.74) is 1.72. The summed E-state index contributed by atoms with van der Waals surface area (Å²) >= 11 is 13.7. The molecule has 2 N–H and O–H groups in total. The SMILES string of the molecule is C/C(=C\c1c(Cl)cc(C(=O)Nc2nc(-c3cccc(COCCCC4CCCCC4)c3F)cs2)cc1Cl)C(=O)O. The summed E-state index contributed by atoms with van der Waals surface area (Å²) in [6, 6.07) is 7.92. The van der Waals surface area contributed by atoms with Gasteiger partial charge in [0.15, 0.2) is 5.13 Å². The number of halogens is 3. The van der Waals surface area contributed by atoms with E-state index in [-0.39, 0.29) is 32.9 Å². The fourth-order valence-corrected chi connectivity index (χ4v) is 6.08. The van der Waals surface area contributed by atoms with E-state index in [4.69, 9.17) is 33.0 Å². The number of benzene rings is 2. The van der Waals surface area contributed by atoms with Crippen molar-refractivity contribution in [1.29, 1.82) is 0 Å². The second-order valence-corrected chi connectivity index (χ2v) is 11.6. The van der Waals surface area contributed by atoms with Crippen LogP contribution < -0.4 is 5.32 Å².